The van der Waals surface area contributed by atoms with E-state index in [1.54, 1.807) is 0 Å². The van der Waals surface area contributed by atoms with Crippen molar-refractivity contribution in [3.63, 3.8) is 0 Å². The molecule has 0 spiro atoms. The molecule has 4 bridgehead atoms. The minimum atomic E-state index is -5.90. The van der Waals surface area contributed by atoms with E-state index in [0.717, 1.165) is 6.42 Å². The van der Waals surface area contributed by atoms with Crippen LogP contribution in [0, 0.1) is 22.7 Å². The summed E-state index contributed by atoms with van der Waals surface area (Å²) in [6.07, 6.45) is 4.64. The molecule has 2 atom stereocenters. The van der Waals surface area contributed by atoms with Crippen molar-refractivity contribution in [3.05, 3.63) is 0 Å². The highest BCUT2D eigenvalue weighted by Crippen LogP contribution is 2.63. The zero-order valence-electron chi connectivity index (χ0n) is 16.9. The van der Waals surface area contributed by atoms with Gasteiger partial charge in [-0.1, -0.05) is 6.92 Å². The SMILES string of the molecule is CCC(C)(C)C(=O)OC12CC3CC(CC(COC(=O)C(F)(F)S(=O)(=O)O)(C3)C1)C2. The van der Waals surface area contributed by atoms with E-state index in [9.17, 15) is 26.8 Å². The van der Waals surface area contributed by atoms with Gasteiger partial charge >= 0.3 is 27.3 Å². The Morgan fingerprint density at radius 2 is 1.66 bits per heavy atom. The second-order valence-electron chi connectivity index (χ2n) is 9.84. The first-order valence-corrected chi connectivity index (χ1v) is 11.3. The van der Waals surface area contributed by atoms with Gasteiger partial charge in [0.25, 0.3) is 0 Å². The van der Waals surface area contributed by atoms with Crippen molar-refractivity contribution in [1.82, 2.24) is 0 Å². The number of carbonyl (C=O) groups is 2. The van der Waals surface area contributed by atoms with E-state index in [1.165, 1.54) is 0 Å². The van der Waals surface area contributed by atoms with Gasteiger partial charge in [0.15, 0.2) is 0 Å². The lowest BCUT2D eigenvalue weighted by atomic mass is 9.48. The fraction of sp³-hybridized carbons (Fsp3) is 0.895. The van der Waals surface area contributed by atoms with Gasteiger partial charge < -0.3 is 9.47 Å². The van der Waals surface area contributed by atoms with Crippen molar-refractivity contribution in [2.24, 2.45) is 22.7 Å². The van der Waals surface area contributed by atoms with Crippen molar-refractivity contribution in [2.75, 3.05) is 6.61 Å². The van der Waals surface area contributed by atoms with Gasteiger partial charge in [0.05, 0.1) is 12.0 Å². The zero-order valence-corrected chi connectivity index (χ0v) is 17.7. The van der Waals surface area contributed by atoms with Crippen LogP contribution >= 0.6 is 0 Å². The molecule has 29 heavy (non-hydrogen) atoms. The minimum Gasteiger partial charge on any atom is -0.460 e. The van der Waals surface area contributed by atoms with Crippen LogP contribution in [0.2, 0.25) is 0 Å². The van der Waals surface area contributed by atoms with Crippen molar-refractivity contribution >= 4 is 22.1 Å². The third kappa shape index (κ3) is 4.02. The largest absolute Gasteiger partial charge is 0.465 e. The average molecular weight is 438 g/mol. The molecule has 0 saturated heterocycles. The first kappa shape index (κ1) is 22.4. The maximum Gasteiger partial charge on any atom is 0.465 e. The predicted molar refractivity (Wildman–Crippen MR) is 97.5 cm³/mol. The van der Waals surface area contributed by atoms with Gasteiger partial charge in [0, 0.05) is 5.41 Å². The number of carbonyl (C=O) groups excluding carboxylic acids is 2. The van der Waals surface area contributed by atoms with E-state index in [2.05, 4.69) is 4.74 Å². The third-order valence-electron chi connectivity index (χ3n) is 6.95. The number of esters is 2. The molecule has 0 aromatic rings. The highest BCUT2D eigenvalue weighted by molar-refractivity contribution is 7.87. The molecule has 10 heteroatoms. The summed E-state index contributed by atoms with van der Waals surface area (Å²) in [5, 5.41) is -5.01. The summed E-state index contributed by atoms with van der Waals surface area (Å²) < 4.78 is 67.8. The van der Waals surface area contributed by atoms with Crippen LogP contribution in [0.15, 0.2) is 0 Å². The topological polar surface area (TPSA) is 107 Å². The highest BCUT2D eigenvalue weighted by atomic mass is 32.2. The minimum absolute atomic E-state index is 0.231. The predicted octanol–water partition coefficient (Wildman–Crippen LogP) is 3.33. The van der Waals surface area contributed by atoms with Crippen LogP contribution in [-0.4, -0.2) is 42.4 Å². The van der Waals surface area contributed by atoms with Crippen LogP contribution in [0.25, 0.3) is 0 Å². The van der Waals surface area contributed by atoms with Crippen LogP contribution in [0.1, 0.15) is 65.7 Å². The molecule has 1 N–H and O–H groups in total. The first-order chi connectivity index (χ1) is 13.1. The summed E-state index contributed by atoms with van der Waals surface area (Å²) in [7, 11) is -5.90. The van der Waals surface area contributed by atoms with Crippen LogP contribution in [0.5, 0.6) is 0 Å². The Balaban J connectivity index is 1.76. The van der Waals surface area contributed by atoms with E-state index in [0.29, 0.717) is 38.5 Å². The molecule has 0 radical (unpaired) electrons. The molecule has 4 aliphatic rings. The van der Waals surface area contributed by atoms with Crippen LogP contribution in [-0.2, 0) is 29.2 Å². The second kappa shape index (κ2) is 6.87. The Labute approximate surface area is 169 Å². The number of hydrogen-bond acceptors (Lipinski definition) is 6. The molecular formula is C19H28F2O7S. The van der Waals surface area contributed by atoms with E-state index >= 15 is 0 Å². The summed E-state index contributed by atoms with van der Waals surface area (Å²) >= 11 is 0. The van der Waals surface area contributed by atoms with Crippen molar-refractivity contribution in [1.29, 1.82) is 0 Å². The molecular weight excluding hydrogens is 410 g/mol. The smallest absolute Gasteiger partial charge is 0.460 e. The van der Waals surface area contributed by atoms with Crippen molar-refractivity contribution in [3.8, 4) is 0 Å². The molecule has 2 unspecified atom stereocenters. The van der Waals surface area contributed by atoms with Gasteiger partial charge in [0.2, 0.25) is 0 Å². The van der Waals surface area contributed by atoms with Gasteiger partial charge in [-0.05, 0) is 70.6 Å². The second-order valence-corrected chi connectivity index (χ2v) is 11.3. The van der Waals surface area contributed by atoms with E-state index in [4.69, 9.17) is 9.29 Å². The lowest BCUT2D eigenvalue weighted by molar-refractivity contribution is -0.218. The van der Waals surface area contributed by atoms with Gasteiger partial charge in [-0.2, -0.15) is 17.2 Å². The Kier molecular flexibility index (Phi) is 5.30. The third-order valence-corrected chi connectivity index (χ3v) is 7.76. The molecule has 0 aromatic heterocycles. The van der Waals surface area contributed by atoms with Gasteiger partial charge in [-0.25, -0.2) is 4.79 Å². The van der Waals surface area contributed by atoms with Gasteiger partial charge in [0.1, 0.15) is 5.60 Å². The monoisotopic (exact) mass is 438 g/mol. The summed E-state index contributed by atoms with van der Waals surface area (Å²) in [5.74, 6) is -2.12. The Bertz CT molecular complexity index is 791. The molecule has 7 nitrogen and oxygen atoms in total. The molecule has 4 fully saturated rings. The van der Waals surface area contributed by atoms with Crippen LogP contribution in [0.3, 0.4) is 0 Å². The Morgan fingerprint density at radius 3 is 2.14 bits per heavy atom. The lowest BCUT2D eigenvalue weighted by Gasteiger charge is -2.61. The van der Waals surface area contributed by atoms with Crippen molar-refractivity contribution in [2.45, 2.75) is 76.6 Å². The highest BCUT2D eigenvalue weighted by Gasteiger charge is 2.61. The Hall–Kier alpha value is -1.29. The summed E-state index contributed by atoms with van der Waals surface area (Å²) in [6, 6.07) is 0. The maximum atomic E-state index is 13.5. The number of ether oxygens (including phenoxy) is 2. The van der Waals surface area contributed by atoms with Gasteiger partial charge in [-0.3, -0.25) is 9.35 Å². The summed E-state index contributed by atoms with van der Waals surface area (Å²) in [4.78, 5) is 24.3. The lowest BCUT2D eigenvalue weighted by Crippen LogP contribution is -2.59. The van der Waals surface area contributed by atoms with Crippen LogP contribution < -0.4 is 0 Å². The molecule has 0 amide bonds. The van der Waals surface area contributed by atoms with E-state index < -0.39 is 37.8 Å². The van der Waals surface area contributed by atoms with Gasteiger partial charge in [-0.15, -0.1) is 0 Å². The number of alkyl halides is 2. The molecule has 0 aliphatic heterocycles. The molecule has 4 aliphatic carbocycles. The molecule has 4 rings (SSSR count). The Morgan fingerprint density at radius 1 is 1.10 bits per heavy atom. The average Bonchev–Trinajstić information content (AvgIpc) is 2.57. The summed E-state index contributed by atoms with van der Waals surface area (Å²) in [6.45, 7) is 5.13. The van der Waals surface area contributed by atoms with E-state index in [1.807, 2.05) is 20.8 Å². The number of rotatable bonds is 7. The quantitative estimate of drug-likeness (QED) is 0.480. The molecule has 4 saturated carbocycles. The molecule has 166 valence electrons. The molecule has 0 aromatic carbocycles. The number of halogens is 2. The summed E-state index contributed by atoms with van der Waals surface area (Å²) in [5.41, 5.74) is -1.97. The maximum absolute atomic E-state index is 13.5. The zero-order chi connectivity index (χ0) is 21.9. The fourth-order valence-corrected chi connectivity index (χ4v) is 5.81. The fourth-order valence-electron chi connectivity index (χ4n) is 5.54. The molecule has 0 heterocycles. The normalized spacial score (nSPS) is 34.1. The van der Waals surface area contributed by atoms with Crippen molar-refractivity contribution < 1.29 is 40.8 Å². The van der Waals surface area contributed by atoms with Crippen LogP contribution in [0.4, 0.5) is 8.78 Å². The van der Waals surface area contributed by atoms with E-state index in [-0.39, 0.29) is 24.4 Å². The first-order valence-electron chi connectivity index (χ1n) is 9.89. The standard InChI is InChI=1S/C19H28F2O7S/c1-4-16(2,3)14(22)28-18-8-12-5-13(9-18)7-17(6-12,10-18)11-27-15(23)19(20,21)29(24,25)26/h12-13H,4-11H2,1-3H3,(H,24,25,26). The number of hydrogen-bond donors (Lipinski definition) is 1.